The fourth-order valence-corrected chi connectivity index (χ4v) is 2.55. The molecule has 5 heteroatoms. The van der Waals surface area contributed by atoms with Crippen LogP contribution in [0.2, 0.25) is 0 Å². The third kappa shape index (κ3) is 4.36. The minimum atomic E-state index is -0.0793. The molecule has 1 heterocycles. The van der Waals surface area contributed by atoms with Crippen LogP contribution in [0.5, 0.6) is 0 Å². The van der Waals surface area contributed by atoms with Gasteiger partial charge in [0.05, 0.1) is 5.69 Å². The van der Waals surface area contributed by atoms with Gasteiger partial charge in [0.15, 0.2) is 0 Å². The molecule has 4 nitrogen and oxygen atoms in total. The Balaban J connectivity index is 2.51. The number of nitrogens with zero attached hydrogens (tertiary/aromatic N) is 1. The van der Waals surface area contributed by atoms with E-state index in [0.29, 0.717) is 17.1 Å². The Morgan fingerprint density at radius 3 is 2.65 bits per heavy atom. The molecule has 0 spiro atoms. The third-order valence-electron chi connectivity index (χ3n) is 2.37. The zero-order valence-corrected chi connectivity index (χ0v) is 11.7. The van der Waals surface area contributed by atoms with Gasteiger partial charge in [0.25, 0.3) is 5.91 Å². The molecular formula is C12H21N3OS. The molecule has 17 heavy (non-hydrogen) atoms. The third-order valence-corrected chi connectivity index (χ3v) is 3.30. The van der Waals surface area contributed by atoms with Crippen LogP contribution >= 0.6 is 11.3 Å². The maximum Gasteiger partial charge on any atom is 0.263 e. The summed E-state index contributed by atoms with van der Waals surface area (Å²) >= 11 is 1.37. The molecule has 0 atom stereocenters. The number of anilines is 1. The van der Waals surface area contributed by atoms with E-state index in [1.807, 2.05) is 19.5 Å². The maximum absolute atomic E-state index is 11.9. The fourth-order valence-electron chi connectivity index (χ4n) is 1.82. The lowest BCUT2D eigenvalue weighted by Crippen LogP contribution is -2.39. The number of amides is 1. The first-order valence-electron chi connectivity index (χ1n) is 5.58. The molecule has 1 aromatic rings. The quantitative estimate of drug-likeness (QED) is 0.841. The Kier molecular flexibility index (Phi) is 4.54. The number of carbonyl (C=O) groups is 1. The van der Waals surface area contributed by atoms with Crippen LogP contribution in [0.15, 0.2) is 11.4 Å². The van der Waals surface area contributed by atoms with Crippen LogP contribution in [-0.2, 0) is 0 Å². The monoisotopic (exact) mass is 255 g/mol. The largest absolute Gasteiger partial charge is 0.397 e. The van der Waals surface area contributed by atoms with Crippen molar-refractivity contribution in [3.8, 4) is 0 Å². The van der Waals surface area contributed by atoms with Crippen molar-refractivity contribution in [3.63, 3.8) is 0 Å². The number of carbonyl (C=O) groups excluding carboxylic acids is 1. The number of hydrogen-bond donors (Lipinski definition) is 2. The van der Waals surface area contributed by atoms with Gasteiger partial charge in [0.2, 0.25) is 0 Å². The van der Waals surface area contributed by atoms with E-state index in [4.69, 9.17) is 5.73 Å². The predicted octanol–water partition coefficient (Wildman–Crippen LogP) is 1.65. The van der Waals surface area contributed by atoms with Gasteiger partial charge in [-0.3, -0.25) is 4.79 Å². The Morgan fingerprint density at radius 1 is 1.53 bits per heavy atom. The highest BCUT2D eigenvalue weighted by Crippen LogP contribution is 2.19. The van der Waals surface area contributed by atoms with E-state index < -0.39 is 0 Å². The summed E-state index contributed by atoms with van der Waals surface area (Å²) < 4.78 is 0. The summed E-state index contributed by atoms with van der Waals surface area (Å²) in [6.45, 7) is 5.82. The van der Waals surface area contributed by atoms with E-state index in [-0.39, 0.29) is 11.3 Å². The first-order valence-corrected chi connectivity index (χ1v) is 6.46. The zero-order valence-electron chi connectivity index (χ0n) is 10.9. The highest BCUT2D eigenvalue weighted by atomic mass is 32.1. The van der Waals surface area contributed by atoms with E-state index in [1.165, 1.54) is 11.3 Å². The van der Waals surface area contributed by atoms with Gasteiger partial charge < -0.3 is 16.0 Å². The van der Waals surface area contributed by atoms with Gasteiger partial charge >= 0.3 is 0 Å². The number of rotatable bonds is 5. The van der Waals surface area contributed by atoms with Crippen LogP contribution in [0.1, 0.15) is 23.5 Å². The number of hydrogen-bond acceptors (Lipinski definition) is 4. The summed E-state index contributed by atoms with van der Waals surface area (Å²) in [6, 6.07) is 1.75. The lowest BCUT2D eigenvalue weighted by molar-refractivity contribution is 0.0934. The smallest absolute Gasteiger partial charge is 0.263 e. The van der Waals surface area contributed by atoms with Crippen LogP contribution in [0, 0.1) is 5.41 Å². The molecular weight excluding hydrogens is 234 g/mol. The van der Waals surface area contributed by atoms with Crippen LogP contribution in [0.4, 0.5) is 5.69 Å². The standard InChI is InChI=1S/C12H21N3OS/c1-12(2,8-15(3)4)7-14-11(16)10-9(13)5-6-17-10/h5-6H,7-8,13H2,1-4H3,(H,14,16). The number of thiophene rings is 1. The Hall–Kier alpha value is -1.07. The van der Waals surface area contributed by atoms with E-state index in [9.17, 15) is 4.79 Å². The molecule has 1 aromatic heterocycles. The highest BCUT2D eigenvalue weighted by molar-refractivity contribution is 7.12. The van der Waals surface area contributed by atoms with Gasteiger partial charge in [-0.15, -0.1) is 11.3 Å². The molecule has 0 bridgehead atoms. The number of nitrogens with one attached hydrogen (secondary N) is 1. The van der Waals surface area contributed by atoms with Gasteiger partial charge in [-0.05, 0) is 31.0 Å². The Morgan fingerprint density at radius 2 is 2.18 bits per heavy atom. The van der Waals surface area contributed by atoms with Gasteiger partial charge in [-0.2, -0.15) is 0 Å². The second kappa shape index (κ2) is 5.51. The number of nitrogens with two attached hydrogens (primary N) is 1. The lowest BCUT2D eigenvalue weighted by Gasteiger charge is -2.28. The molecule has 0 aromatic carbocycles. The summed E-state index contributed by atoms with van der Waals surface area (Å²) in [6.07, 6.45) is 0. The fraction of sp³-hybridized carbons (Fsp3) is 0.583. The summed E-state index contributed by atoms with van der Waals surface area (Å²) in [4.78, 5) is 14.6. The highest BCUT2D eigenvalue weighted by Gasteiger charge is 2.21. The zero-order chi connectivity index (χ0) is 13.1. The van der Waals surface area contributed by atoms with Gasteiger partial charge in [0.1, 0.15) is 4.88 Å². The molecule has 0 saturated heterocycles. The van der Waals surface area contributed by atoms with Gasteiger partial charge in [-0.1, -0.05) is 13.8 Å². The van der Waals surface area contributed by atoms with E-state index in [2.05, 4.69) is 24.1 Å². The average Bonchev–Trinajstić information content (AvgIpc) is 2.59. The van der Waals surface area contributed by atoms with Crippen LogP contribution < -0.4 is 11.1 Å². The SMILES string of the molecule is CN(C)CC(C)(C)CNC(=O)c1sccc1N. The molecule has 1 rings (SSSR count). The second-order valence-electron chi connectivity index (χ2n) is 5.29. The van der Waals surface area contributed by atoms with E-state index in [1.54, 1.807) is 6.07 Å². The van der Waals surface area contributed by atoms with Crippen molar-refractivity contribution in [2.45, 2.75) is 13.8 Å². The van der Waals surface area contributed by atoms with Gasteiger partial charge in [0, 0.05) is 13.1 Å². The van der Waals surface area contributed by atoms with Crippen molar-refractivity contribution in [1.82, 2.24) is 10.2 Å². The van der Waals surface area contributed by atoms with Crippen molar-refractivity contribution >= 4 is 22.9 Å². The van der Waals surface area contributed by atoms with Crippen LogP contribution in [0.3, 0.4) is 0 Å². The minimum absolute atomic E-state index is 0.0468. The van der Waals surface area contributed by atoms with Crippen LogP contribution in [-0.4, -0.2) is 38.0 Å². The topological polar surface area (TPSA) is 58.4 Å². The summed E-state index contributed by atoms with van der Waals surface area (Å²) in [7, 11) is 4.06. The first-order chi connectivity index (χ1) is 7.82. The molecule has 0 unspecified atom stereocenters. The summed E-state index contributed by atoms with van der Waals surface area (Å²) in [5.41, 5.74) is 6.30. The summed E-state index contributed by atoms with van der Waals surface area (Å²) in [5, 5.41) is 4.76. The number of nitrogen functional groups attached to an aromatic ring is 1. The predicted molar refractivity (Wildman–Crippen MR) is 73.4 cm³/mol. The van der Waals surface area contributed by atoms with Crippen LogP contribution in [0.25, 0.3) is 0 Å². The maximum atomic E-state index is 11.9. The molecule has 3 N–H and O–H groups in total. The van der Waals surface area contributed by atoms with E-state index in [0.717, 1.165) is 6.54 Å². The van der Waals surface area contributed by atoms with Crippen molar-refractivity contribution in [1.29, 1.82) is 0 Å². The van der Waals surface area contributed by atoms with Crippen molar-refractivity contribution < 1.29 is 4.79 Å². The molecule has 0 fully saturated rings. The molecule has 1 amide bonds. The van der Waals surface area contributed by atoms with Gasteiger partial charge in [-0.25, -0.2) is 0 Å². The second-order valence-corrected chi connectivity index (χ2v) is 6.21. The van der Waals surface area contributed by atoms with Crippen molar-refractivity contribution in [2.75, 3.05) is 32.9 Å². The molecule has 0 aliphatic carbocycles. The van der Waals surface area contributed by atoms with Crippen molar-refractivity contribution in [2.24, 2.45) is 5.41 Å². The molecule has 0 aliphatic rings. The first kappa shape index (κ1) is 14.0. The average molecular weight is 255 g/mol. The Bertz CT molecular complexity index is 385. The lowest BCUT2D eigenvalue weighted by atomic mass is 9.93. The molecule has 96 valence electrons. The van der Waals surface area contributed by atoms with Crippen molar-refractivity contribution in [3.05, 3.63) is 16.3 Å². The minimum Gasteiger partial charge on any atom is -0.397 e. The normalized spacial score (nSPS) is 11.8. The Labute approximate surface area is 107 Å². The molecule has 0 saturated carbocycles. The van der Waals surface area contributed by atoms with E-state index >= 15 is 0 Å². The molecule has 0 aliphatic heterocycles. The summed E-state index contributed by atoms with van der Waals surface area (Å²) in [5.74, 6) is -0.0793. The molecule has 0 radical (unpaired) electrons.